The molecule has 0 aliphatic carbocycles. The first-order chi connectivity index (χ1) is 7.75. The molecule has 0 amide bonds. The van der Waals surface area contributed by atoms with E-state index in [2.05, 4.69) is 36.1 Å². The molecule has 1 fully saturated rings. The first-order valence-corrected chi connectivity index (χ1v) is 6.35. The first kappa shape index (κ1) is 11.5. The monoisotopic (exact) mass is 218 g/mol. The van der Waals surface area contributed by atoms with E-state index in [0.717, 1.165) is 12.8 Å². The minimum absolute atomic E-state index is 0.304. The van der Waals surface area contributed by atoms with Crippen molar-refractivity contribution in [3.63, 3.8) is 0 Å². The molecule has 0 saturated carbocycles. The highest BCUT2D eigenvalue weighted by molar-refractivity contribution is 5.48. The Bertz CT molecular complexity index is 310. The predicted molar refractivity (Wildman–Crippen MR) is 69.9 cm³/mol. The fourth-order valence-electron chi connectivity index (χ4n) is 2.24. The maximum Gasteiger partial charge on any atom is 0.0366 e. The summed E-state index contributed by atoms with van der Waals surface area (Å²) in [4.78, 5) is 2.47. The molecule has 1 aliphatic heterocycles. The summed E-state index contributed by atoms with van der Waals surface area (Å²) in [6, 6.07) is 9.30. The molecule has 0 spiro atoms. The fourth-order valence-corrected chi connectivity index (χ4v) is 2.24. The van der Waals surface area contributed by atoms with Gasteiger partial charge in [0.05, 0.1) is 0 Å². The molecule has 16 heavy (non-hydrogen) atoms. The van der Waals surface area contributed by atoms with Crippen LogP contribution in [-0.4, -0.2) is 19.1 Å². The number of nitrogens with two attached hydrogens (primary N) is 1. The van der Waals surface area contributed by atoms with Gasteiger partial charge in [-0.25, -0.2) is 0 Å². The number of rotatable bonds is 4. The summed E-state index contributed by atoms with van der Waals surface area (Å²) in [6.45, 7) is 4.51. The van der Waals surface area contributed by atoms with E-state index in [1.54, 1.807) is 0 Å². The Kier molecular flexibility index (Phi) is 3.83. The number of benzene rings is 1. The standard InChI is InChI=1S/C14H22N2/c1-12(15)4-5-13-6-8-14(9-7-13)16-10-2-3-11-16/h6-9,12H,2-5,10-11,15H2,1H3. The number of nitrogens with zero attached hydrogens (tertiary/aromatic N) is 1. The average Bonchev–Trinajstić information content (AvgIpc) is 2.80. The lowest BCUT2D eigenvalue weighted by Crippen LogP contribution is -2.17. The lowest BCUT2D eigenvalue weighted by Gasteiger charge is -2.17. The molecule has 1 saturated heterocycles. The highest BCUT2D eigenvalue weighted by Gasteiger charge is 2.11. The first-order valence-electron chi connectivity index (χ1n) is 6.35. The molecule has 2 N–H and O–H groups in total. The van der Waals surface area contributed by atoms with Crippen LogP contribution in [0.25, 0.3) is 0 Å². The van der Waals surface area contributed by atoms with Gasteiger partial charge in [0.2, 0.25) is 0 Å². The second-order valence-electron chi connectivity index (χ2n) is 4.88. The van der Waals surface area contributed by atoms with Crippen molar-refractivity contribution in [3.8, 4) is 0 Å². The van der Waals surface area contributed by atoms with Crippen molar-refractivity contribution in [2.45, 2.75) is 38.6 Å². The summed E-state index contributed by atoms with van der Waals surface area (Å²) in [6.07, 6.45) is 4.85. The Morgan fingerprint density at radius 3 is 2.38 bits per heavy atom. The number of hydrogen-bond acceptors (Lipinski definition) is 2. The van der Waals surface area contributed by atoms with E-state index >= 15 is 0 Å². The van der Waals surface area contributed by atoms with Crippen LogP contribution in [0.2, 0.25) is 0 Å². The normalized spacial score (nSPS) is 17.8. The van der Waals surface area contributed by atoms with Crippen molar-refractivity contribution in [2.24, 2.45) is 5.73 Å². The second-order valence-corrected chi connectivity index (χ2v) is 4.88. The maximum absolute atomic E-state index is 5.76. The lowest BCUT2D eigenvalue weighted by molar-refractivity contribution is 0.666. The Balaban J connectivity index is 1.93. The molecule has 1 aromatic carbocycles. The summed E-state index contributed by atoms with van der Waals surface area (Å²) in [5.74, 6) is 0. The van der Waals surface area contributed by atoms with Crippen molar-refractivity contribution in [3.05, 3.63) is 29.8 Å². The molecule has 0 aromatic heterocycles. The molecule has 2 rings (SSSR count). The summed E-state index contributed by atoms with van der Waals surface area (Å²) in [5.41, 5.74) is 8.54. The van der Waals surface area contributed by atoms with Crippen LogP contribution in [0.1, 0.15) is 31.7 Å². The molecule has 1 atom stereocenters. The van der Waals surface area contributed by atoms with Gasteiger partial charge in [-0.15, -0.1) is 0 Å². The zero-order valence-electron chi connectivity index (χ0n) is 10.2. The molecule has 88 valence electrons. The van der Waals surface area contributed by atoms with Gasteiger partial charge in [-0.3, -0.25) is 0 Å². The Hall–Kier alpha value is -1.02. The van der Waals surface area contributed by atoms with Gasteiger partial charge in [0.1, 0.15) is 0 Å². The Labute approximate surface area is 98.4 Å². The van der Waals surface area contributed by atoms with Crippen molar-refractivity contribution in [2.75, 3.05) is 18.0 Å². The molecule has 1 aromatic rings. The predicted octanol–water partition coefficient (Wildman–Crippen LogP) is 2.57. The Morgan fingerprint density at radius 1 is 1.19 bits per heavy atom. The van der Waals surface area contributed by atoms with E-state index < -0.39 is 0 Å². The molecule has 2 heteroatoms. The third-order valence-corrected chi connectivity index (χ3v) is 3.30. The third-order valence-electron chi connectivity index (χ3n) is 3.30. The fraction of sp³-hybridized carbons (Fsp3) is 0.571. The molecule has 1 unspecified atom stereocenters. The van der Waals surface area contributed by atoms with Crippen LogP contribution >= 0.6 is 0 Å². The van der Waals surface area contributed by atoms with Crippen LogP contribution < -0.4 is 10.6 Å². The number of aryl methyl sites for hydroxylation is 1. The Morgan fingerprint density at radius 2 is 1.81 bits per heavy atom. The van der Waals surface area contributed by atoms with Gasteiger partial charge < -0.3 is 10.6 Å². The zero-order valence-corrected chi connectivity index (χ0v) is 10.2. The van der Waals surface area contributed by atoms with Crippen LogP contribution in [0.15, 0.2) is 24.3 Å². The minimum Gasteiger partial charge on any atom is -0.372 e. The van der Waals surface area contributed by atoms with Crippen LogP contribution in [-0.2, 0) is 6.42 Å². The van der Waals surface area contributed by atoms with Crippen LogP contribution in [0.5, 0.6) is 0 Å². The van der Waals surface area contributed by atoms with Gasteiger partial charge in [-0.05, 0) is 50.3 Å². The van der Waals surface area contributed by atoms with Gasteiger partial charge in [0.15, 0.2) is 0 Å². The SMILES string of the molecule is CC(N)CCc1ccc(N2CCCC2)cc1. The highest BCUT2D eigenvalue weighted by atomic mass is 15.1. The molecule has 1 aliphatic rings. The second kappa shape index (κ2) is 5.35. The number of hydrogen-bond donors (Lipinski definition) is 1. The quantitative estimate of drug-likeness (QED) is 0.841. The van der Waals surface area contributed by atoms with E-state index in [-0.39, 0.29) is 0 Å². The zero-order chi connectivity index (χ0) is 11.4. The van der Waals surface area contributed by atoms with E-state index in [0.29, 0.717) is 6.04 Å². The van der Waals surface area contributed by atoms with Crippen LogP contribution in [0.3, 0.4) is 0 Å². The lowest BCUT2D eigenvalue weighted by atomic mass is 10.1. The molecule has 1 heterocycles. The van der Waals surface area contributed by atoms with Crippen LogP contribution in [0.4, 0.5) is 5.69 Å². The van der Waals surface area contributed by atoms with Crippen molar-refractivity contribution < 1.29 is 0 Å². The van der Waals surface area contributed by atoms with Gasteiger partial charge in [-0.1, -0.05) is 12.1 Å². The van der Waals surface area contributed by atoms with Crippen molar-refractivity contribution in [1.29, 1.82) is 0 Å². The van der Waals surface area contributed by atoms with E-state index in [4.69, 9.17) is 5.73 Å². The van der Waals surface area contributed by atoms with Crippen LogP contribution in [0, 0.1) is 0 Å². The number of anilines is 1. The van der Waals surface area contributed by atoms with Crippen molar-refractivity contribution in [1.82, 2.24) is 0 Å². The van der Waals surface area contributed by atoms with Crippen molar-refractivity contribution >= 4 is 5.69 Å². The topological polar surface area (TPSA) is 29.3 Å². The highest BCUT2D eigenvalue weighted by Crippen LogP contribution is 2.20. The largest absolute Gasteiger partial charge is 0.372 e. The summed E-state index contributed by atoms with van der Waals surface area (Å²) >= 11 is 0. The van der Waals surface area contributed by atoms with E-state index in [9.17, 15) is 0 Å². The average molecular weight is 218 g/mol. The summed E-state index contributed by atoms with van der Waals surface area (Å²) < 4.78 is 0. The van der Waals surface area contributed by atoms with E-state index in [1.165, 1.54) is 37.2 Å². The maximum atomic E-state index is 5.76. The van der Waals surface area contributed by atoms with Gasteiger partial charge >= 0.3 is 0 Å². The van der Waals surface area contributed by atoms with Gasteiger partial charge in [0.25, 0.3) is 0 Å². The molecular weight excluding hydrogens is 196 g/mol. The summed E-state index contributed by atoms with van der Waals surface area (Å²) in [7, 11) is 0. The summed E-state index contributed by atoms with van der Waals surface area (Å²) in [5, 5.41) is 0. The molecule has 0 bridgehead atoms. The molecule has 0 radical (unpaired) electrons. The van der Waals surface area contributed by atoms with Gasteiger partial charge in [-0.2, -0.15) is 0 Å². The third kappa shape index (κ3) is 2.99. The molecular formula is C14H22N2. The van der Waals surface area contributed by atoms with Gasteiger partial charge in [0, 0.05) is 24.8 Å². The van der Waals surface area contributed by atoms with E-state index in [1.807, 2.05) is 0 Å². The molecule has 2 nitrogen and oxygen atoms in total. The minimum atomic E-state index is 0.304. The smallest absolute Gasteiger partial charge is 0.0366 e.